The van der Waals surface area contributed by atoms with Gasteiger partial charge in [0.25, 0.3) is 0 Å². The Kier molecular flexibility index (Phi) is 5.03. The molecule has 0 rings (SSSR count). The third-order valence-corrected chi connectivity index (χ3v) is 1.44. The van der Waals surface area contributed by atoms with Crippen LogP contribution in [0.25, 0.3) is 0 Å². The van der Waals surface area contributed by atoms with E-state index in [0.717, 1.165) is 0 Å². The van der Waals surface area contributed by atoms with Crippen molar-refractivity contribution in [1.82, 2.24) is 0 Å². The Bertz CT molecular complexity index is 169. The molecule has 0 aromatic heterocycles. The first-order valence-electron chi connectivity index (χ1n) is 3.63. The molecule has 0 radical (unpaired) electrons. The number of ether oxygens (including phenoxy) is 1. The molecule has 0 amide bonds. The van der Waals surface area contributed by atoms with Gasteiger partial charge in [0.05, 0.1) is 7.11 Å². The number of carboxylic acid groups (broad SMARTS) is 1. The van der Waals surface area contributed by atoms with Crippen molar-refractivity contribution in [3.8, 4) is 0 Å². The molecule has 0 aliphatic carbocycles. The second-order valence-electron chi connectivity index (χ2n) is 2.41. The number of carbonyl (C=O) groups is 2. The fourth-order valence-corrected chi connectivity index (χ4v) is 0.692. The Morgan fingerprint density at radius 2 is 2.17 bits per heavy atom. The van der Waals surface area contributed by atoms with E-state index in [1.165, 1.54) is 7.11 Å². The second-order valence-corrected chi connectivity index (χ2v) is 2.41. The third kappa shape index (κ3) is 4.68. The molecule has 5 nitrogen and oxygen atoms in total. The molecule has 70 valence electrons. The highest BCUT2D eigenvalue weighted by Gasteiger charge is 2.11. The minimum absolute atomic E-state index is 0.220. The number of carboxylic acids is 1. The van der Waals surface area contributed by atoms with E-state index in [-0.39, 0.29) is 12.4 Å². The summed E-state index contributed by atoms with van der Waals surface area (Å²) < 4.78 is 4.37. The first-order chi connectivity index (χ1) is 5.57. The van der Waals surface area contributed by atoms with E-state index in [2.05, 4.69) is 4.74 Å². The zero-order chi connectivity index (χ0) is 9.56. The van der Waals surface area contributed by atoms with Crippen molar-refractivity contribution in [2.75, 3.05) is 7.11 Å². The van der Waals surface area contributed by atoms with Crippen LogP contribution in [0.15, 0.2) is 0 Å². The maximum atomic E-state index is 10.6. The van der Waals surface area contributed by atoms with Gasteiger partial charge in [-0.05, 0) is 12.8 Å². The molecule has 0 aromatic carbocycles. The van der Waals surface area contributed by atoms with E-state index in [4.69, 9.17) is 10.8 Å². The van der Waals surface area contributed by atoms with Gasteiger partial charge in [-0.1, -0.05) is 0 Å². The smallest absolute Gasteiger partial charge is 0.320 e. The average molecular weight is 175 g/mol. The van der Waals surface area contributed by atoms with Crippen LogP contribution in [0.3, 0.4) is 0 Å². The van der Waals surface area contributed by atoms with Crippen LogP contribution >= 0.6 is 0 Å². The van der Waals surface area contributed by atoms with Crippen molar-refractivity contribution in [3.05, 3.63) is 0 Å². The number of methoxy groups -OCH3 is 1. The van der Waals surface area contributed by atoms with Crippen molar-refractivity contribution in [1.29, 1.82) is 0 Å². The number of hydrogen-bond acceptors (Lipinski definition) is 4. The highest BCUT2D eigenvalue weighted by atomic mass is 16.5. The van der Waals surface area contributed by atoms with Crippen LogP contribution in [0.5, 0.6) is 0 Å². The SMILES string of the molecule is COC(=O)CCC[C@H](N)C(=O)O. The topological polar surface area (TPSA) is 89.6 Å². The van der Waals surface area contributed by atoms with Gasteiger partial charge in [0, 0.05) is 6.42 Å². The molecule has 0 aliphatic rings. The van der Waals surface area contributed by atoms with Crippen molar-refractivity contribution in [2.24, 2.45) is 5.73 Å². The van der Waals surface area contributed by atoms with E-state index in [1.54, 1.807) is 0 Å². The zero-order valence-electron chi connectivity index (χ0n) is 6.95. The molecule has 1 atom stereocenters. The van der Waals surface area contributed by atoms with Crippen LogP contribution < -0.4 is 5.73 Å². The quantitative estimate of drug-likeness (QED) is 0.562. The van der Waals surface area contributed by atoms with Crippen LogP contribution in [0.1, 0.15) is 19.3 Å². The molecule has 3 N–H and O–H groups in total. The Morgan fingerprint density at radius 3 is 2.58 bits per heavy atom. The summed E-state index contributed by atoms with van der Waals surface area (Å²) in [5.41, 5.74) is 5.19. The normalized spacial score (nSPS) is 12.2. The standard InChI is InChI=1S/C7H13NO4/c1-12-6(9)4-2-3-5(8)7(10)11/h5H,2-4,8H2,1H3,(H,10,11)/t5-/m0/s1. The molecule has 0 saturated heterocycles. The molecule has 0 bridgehead atoms. The van der Waals surface area contributed by atoms with Gasteiger partial charge >= 0.3 is 11.9 Å². The summed E-state index contributed by atoms with van der Waals surface area (Å²) in [6, 6.07) is -0.880. The van der Waals surface area contributed by atoms with Crippen molar-refractivity contribution >= 4 is 11.9 Å². The predicted octanol–water partition coefficient (Wildman–Crippen LogP) is -0.258. The fraction of sp³-hybridized carbons (Fsp3) is 0.714. The van der Waals surface area contributed by atoms with E-state index in [0.29, 0.717) is 12.8 Å². The summed E-state index contributed by atoms with van der Waals surface area (Å²) in [5.74, 6) is -1.38. The number of esters is 1. The number of carbonyl (C=O) groups excluding carboxylic acids is 1. The third-order valence-electron chi connectivity index (χ3n) is 1.44. The van der Waals surface area contributed by atoms with E-state index >= 15 is 0 Å². The lowest BCUT2D eigenvalue weighted by Crippen LogP contribution is -2.29. The first kappa shape index (κ1) is 10.9. The molecule has 0 spiro atoms. The van der Waals surface area contributed by atoms with Gasteiger partial charge in [0.2, 0.25) is 0 Å². The first-order valence-corrected chi connectivity index (χ1v) is 3.63. The zero-order valence-corrected chi connectivity index (χ0v) is 6.95. The van der Waals surface area contributed by atoms with Gasteiger partial charge in [-0.25, -0.2) is 0 Å². The van der Waals surface area contributed by atoms with Crippen molar-refractivity contribution in [2.45, 2.75) is 25.3 Å². The molecule has 0 aromatic rings. The van der Waals surface area contributed by atoms with Crippen molar-refractivity contribution < 1.29 is 19.4 Å². The Hall–Kier alpha value is -1.10. The van der Waals surface area contributed by atoms with Gasteiger partial charge in [-0.2, -0.15) is 0 Å². The van der Waals surface area contributed by atoms with Crippen LogP contribution in [0.2, 0.25) is 0 Å². The van der Waals surface area contributed by atoms with Crippen LogP contribution in [-0.4, -0.2) is 30.2 Å². The lowest BCUT2D eigenvalue weighted by atomic mass is 10.1. The molecule has 5 heteroatoms. The fourth-order valence-electron chi connectivity index (χ4n) is 0.692. The molecule has 0 aliphatic heterocycles. The molecule has 12 heavy (non-hydrogen) atoms. The molecular weight excluding hydrogens is 162 g/mol. The maximum Gasteiger partial charge on any atom is 0.320 e. The second kappa shape index (κ2) is 5.54. The number of aliphatic carboxylic acids is 1. The number of rotatable bonds is 5. The summed E-state index contributed by atoms with van der Waals surface area (Å²) in [4.78, 5) is 20.8. The largest absolute Gasteiger partial charge is 0.480 e. The summed E-state index contributed by atoms with van der Waals surface area (Å²) >= 11 is 0. The Morgan fingerprint density at radius 1 is 1.58 bits per heavy atom. The number of hydrogen-bond donors (Lipinski definition) is 2. The molecular formula is C7H13NO4. The summed E-state index contributed by atoms with van der Waals surface area (Å²) in [7, 11) is 1.29. The van der Waals surface area contributed by atoms with E-state index < -0.39 is 12.0 Å². The highest BCUT2D eigenvalue weighted by Crippen LogP contribution is 2.00. The summed E-state index contributed by atoms with van der Waals surface area (Å²) in [6.45, 7) is 0. The van der Waals surface area contributed by atoms with Gasteiger partial charge in [0.1, 0.15) is 6.04 Å². The Balaban J connectivity index is 3.43. The van der Waals surface area contributed by atoms with Gasteiger partial charge in [-0.3, -0.25) is 9.59 Å². The lowest BCUT2D eigenvalue weighted by molar-refractivity contribution is -0.142. The summed E-state index contributed by atoms with van der Waals surface area (Å²) in [5, 5.41) is 8.36. The maximum absolute atomic E-state index is 10.6. The highest BCUT2D eigenvalue weighted by molar-refractivity contribution is 5.73. The minimum atomic E-state index is -1.04. The van der Waals surface area contributed by atoms with Crippen LogP contribution in [0, 0.1) is 0 Å². The van der Waals surface area contributed by atoms with Crippen molar-refractivity contribution in [3.63, 3.8) is 0 Å². The summed E-state index contributed by atoms with van der Waals surface area (Å²) in [6.07, 6.45) is 0.960. The van der Waals surface area contributed by atoms with Crippen LogP contribution in [0.4, 0.5) is 0 Å². The monoisotopic (exact) mass is 175 g/mol. The molecule has 0 fully saturated rings. The van der Waals surface area contributed by atoms with E-state index in [1.807, 2.05) is 0 Å². The Labute approximate surface area is 70.5 Å². The average Bonchev–Trinajstić information content (AvgIpc) is 2.03. The minimum Gasteiger partial charge on any atom is -0.480 e. The lowest BCUT2D eigenvalue weighted by Gasteiger charge is -2.04. The number of nitrogens with two attached hydrogens (primary N) is 1. The van der Waals surface area contributed by atoms with Crippen LogP contribution in [-0.2, 0) is 14.3 Å². The van der Waals surface area contributed by atoms with Gasteiger partial charge in [-0.15, -0.1) is 0 Å². The van der Waals surface area contributed by atoms with Gasteiger partial charge in [0.15, 0.2) is 0 Å². The van der Waals surface area contributed by atoms with E-state index in [9.17, 15) is 9.59 Å². The molecule has 0 unspecified atom stereocenters. The van der Waals surface area contributed by atoms with Gasteiger partial charge < -0.3 is 15.6 Å². The molecule has 0 heterocycles. The predicted molar refractivity (Wildman–Crippen MR) is 41.5 cm³/mol. The molecule has 0 saturated carbocycles.